The minimum Gasteiger partial charge on any atom is -0.380 e. The molecule has 0 spiro atoms. The fraction of sp³-hybridized carbons (Fsp3) is 0.200. The van der Waals surface area contributed by atoms with Crippen molar-refractivity contribution in [1.82, 2.24) is 15.2 Å². The van der Waals surface area contributed by atoms with Crippen LogP contribution in [0.2, 0.25) is 0 Å². The lowest BCUT2D eigenvalue weighted by Gasteiger charge is -2.07. The van der Waals surface area contributed by atoms with Crippen LogP contribution in [-0.4, -0.2) is 20.3 Å². The first-order chi connectivity index (χ1) is 6.77. The van der Waals surface area contributed by atoms with Crippen molar-refractivity contribution in [2.24, 2.45) is 0 Å². The Labute approximate surface area is 81.6 Å². The van der Waals surface area contributed by atoms with Gasteiger partial charge in [-0.15, -0.1) is 0 Å². The molecule has 0 aliphatic heterocycles. The zero-order valence-electron chi connectivity index (χ0n) is 7.81. The highest BCUT2D eigenvalue weighted by Gasteiger charge is 2.12. The molecule has 1 heterocycles. The summed E-state index contributed by atoms with van der Waals surface area (Å²) in [6, 6.07) is 7.66. The van der Waals surface area contributed by atoms with Crippen molar-refractivity contribution in [3.8, 4) is 0 Å². The van der Waals surface area contributed by atoms with E-state index in [2.05, 4.69) is 15.2 Å². The van der Waals surface area contributed by atoms with Crippen LogP contribution in [-0.2, 0) is 0 Å². The average molecular weight is 189 g/mol. The molecule has 1 aromatic carbocycles. The van der Waals surface area contributed by atoms with E-state index >= 15 is 0 Å². The van der Waals surface area contributed by atoms with E-state index in [1.165, 1.54) is 11.9 Å². The number of aliphatic hydroxyl groups is 1. The van der Waals surface area contributed by atoms with Crippen molar-refractivity contribution >= 4 is 0 Å². The summed E-state index contributed by atoms with van der Waals surface area (Å²) in [6.07, 6.45) is 0.658. The zero-order valence-corrected chi connectivity index (χ0v) is 7.81. The van der Waals surface area contributed by atoms with Gasteiger partial charge in [0.15, 0.2) is 5.82 Å². The maximum Gasteiger partial charge on any atom is 0.157 e. The van der Waals surface area contributed by atoms with E-state index in [4.69, 9.17) is 0 Å². The van der Waals surface area contributed by atoms with Crippen molar-refractivity contribution in [2.45, 2.75) is 13.0 Å². The Kier molecular flexibility index (Phi) is 2.28. The van der Waals surface area contributed by atoms with Crippen LogP contribution in [0.1, 0.15) is 23.1 Å². The smallest absolute Gasteiger partial charge is 0.157 e. The van der Waals surface area contributed by atoms with Crippen LogP contribution in [0.25, 0.3) is 0 Å². The predicted octanol–water partition coefficient (Wildman–Crippen LogP) is 1.19. The van der Waals surface area contributed by atoms with Crippen LogP contribution in [0.4, 0.5) is 0 Å². The second kappa shape index (κ2) is 3.59. The summed E-state index contributed by atoms with van der Waals surface area (Å²) in [5.74, 6) is 0.467. The van der Waals surface area contributed by atoms with E-state index in [1.54, 1.807) is 0 Å². The number of aromatic amines is 1. The monoisotopic (exact) mass is 189 g/mol. The van der Waals surface area contributed by atoms with Gasteiger partial charge in [0.1, 0.15) is 12.4 Å². The maximum absolute atomic E-state index is 9.84. The summed E-state index contributed by atoms with van der Waals surface area (Å²) in [6.45, 7) is 2.00. The van der Waals surface area contributed by atoms with Crippen LogP contribution in [0.5, 0.6) is 0 Å². The summed E-state index contributed by atoms with van der Waals surface area (Å²) in [4.78, 5) is 3.90. The Morgan fingerprint density at radius 3 is 2.57 bits per heavy atom. The third kappa shape index (κ3) is 1.65. The first-order valence-electron chi connectivity index (χ1n) is 4.37. The maximum atomic E-state index is 9.84. The zero-order chi connectivity index (χ0) is 9.97. The summed E-state index contributed by atoms with van der Waals surface area (Å²) >= 11 is 0. The molecule has 72 valence electrons. The highest BCUT2D eigenvalue weighted by molar-refractivity contribution is 5.26. The third-order valence-corrected chi connectivity index (χ3v) is 2.09. The van der Waals surface area contributed by atoms with Gasteiger partial charge < -0.3 is 5.11 Å². The van der Waals surface area contributed by atoms with E-state index in [9.17, 15) is 5.11 Å². The number of aryl methyl sites for hydroxylation is 1. The number of rotatable bonds is 2. The van der Waals surface area contributed by atoms with Crippen molar-refractivity contribution < 1.29 is 5.11 Å². The topological polar surface area (TPSA) is 61.8 Å². The second-order valence-electron chi connectivity index (χ2n) is 3.18. The fourth-order valence-corrected chi connectivity index (χ4v) is 1.25. The molecule has 0 saturated carbocycles. The lowest BCUT2D eigenvalue weighted by Crippen LogP contribution is -2.01. The predicted molar refractivity (Wildman–Crippen MR) is 51.6 cm³/mol. The highest BCUT2D eigenvalue weighted by atomic mass is 16.3. The highest BCUT2D eigenvalue weighted by Crippen LogP contribution is 2.17. The first-order valence-corrected chi connectivity index (χ1v) is 4.37. The Bertz CT molecular complexity index is 394. The number of H-pyrrole nitrogens is 1. The standard InChI is InChI=1S/C10H11N3O/c1-7-2-4-8(5-3-7)9(14)10-11-6-12-13-10/h2-6,9,14H,1H3,(H,11,12,13). The Morgan fingerprint density at radius 2 is 2.00 bits per heavy atom. The van der Waals surface area contributed by atoms with Crippen molar-refractivity contribution in [3.63, 3.8) is 0 Å². The summed E-state index contributed by atoms with van der Waals surface area (Å²) in [5, 5.41) is 16.2. The number of hydrogen-bond donors (Lipinski definition) is 2. The normalized spacial score (nSPS) is 12.7. The van der Waals surface area contributed by atoms with Gasteiger partial charge in [-0.25, -0.2) is 4.98 Å². The molecule has 0 aliphatic rings. The van der Waals surface area contributed by atoms with Crippen molar-refractivity contribution in [3.05, 3.63) is 47.5 Å². The van der Waals surface area contributed by atoms with Gasteiger partial charge in [0, 0.05) is 0 Å². The van der Waals surface area contributed by atoms with Gasteiger partial charge in [-0.1, -0.05) is 29.8 Å². The molecule has 0 bridgehead atoms. The summed E-state index contributed by atoms with van der Waals surface area (Å²) < 4.78 is 0. The molecule has 0 saturated heterocycles. The van der Waals surface area contributed by atoms with Gasteiger partial charge in [0.2, 0.25) is 0 Å². The number of hydrogen-bond acceptors (Lipinski definition) is 3. The van der Waals surface area contributed by atoms with Crippen LogP contribution in [0.3, 0.4) is 0 Å². The summed E-state index contributed by atoms with van der Waals surface area (Å²) in [7, 11) is 0. The van der Waals surface area contributed by atoms with Gasteiger partial charge in [-0.3, -0.25) is 5.10 Å². The number of benzene rings is 1. The number of aromatic nitrogens is 3. The second-order valence-corrected chi connectivity index (χ2v) is 3.18. The number of nitrogens with one attached hydrogen (secondary N) is 1. The largest absolute Gasteiger partial charge is 0.380 e. The molecule has 14 heavy (non-hydrogen) atoms. The van der Waals surface area contributed by atoms with Gasteiger partial charge in [-0.2, -0.15) is 5.10 Å². The quantitative estimate of drug-likeness (QED) is 0.746. The molecule has 1 unspecified atom stereocenters. The molecule has 1 atom stereocenters. The van der Waals surface area contributed by atoms with Gasteiger partial charge >= 0.3 is 0 Å². The molecular weight excluding hydrogens is 178 g/mol. The molecule has 2 rings (SSSR count). The van der Waals surface area contributed by atoms with E-state index in [1.807, 2.05) is 31.2 Å². The third-order valence-electron chi connectivity index (χ3n) is 2.09. The number of nitrogens with zero attached hydrogens (tertiary/aromatic N) is 2. The molecule has 4 nitrogen and oxygen atoms in total. The Morgan fingerprint density at radius 1 is 1.29 bits per heavy atom. The van der Waals surface area contributed by atoms with E-state index in [0.29, 0.717) is 5.82 Å². The van der Waals surface area contributed by atoms with E-state index < -0.39 is 6.10 Å². The van der Waals surface area contributed by atoms with Gasteiger partial charge in [0.25, 0.3) is 0 Å². The van der Waals surface area contributed by atoms with Gasteiger partial charge in [0.05, 0.1) is 0 Å². The molecule has 2 aromatic rings. The van der Waals surface area contributed by atoms with Crippen LogP contribution < -0.4 is 0 Å². The Hall–Kier alpha value is -1.68. The first kappa shape index (κ1) is 8.90. The number of aliphatic hydroxyl groups excluding tert-OH is 1. The molecule has 2 N–H and O–H groups in total. The molecular formula is C10H11N3O. The van der Waals surface area contributed by atoms with Crippen LogP contribution >= 0.6 is 0 Å². The molecule has 4 heteroatoms. The van der Waals surface area contributed by atoms with Gasteiger partial charge in [-0.05, 0) is 12.5 Å². The van der Waals surface area contributed by atoms with Crippen molar-refractivity contribution in [2.75, 3.05) is 0 Å². The minimum atomic E-state index is -0.724. The molecule has 0 fully saturated rings. The molecule has 0 aliphatic carbocycles. The van der Waals surface area contributed by atoms with Crippen LogP contribution in [0, 0.1) is 6.92 Å². The minimum absolute atomic E-state index is 0.467. The van der Waals surface area contributed by atoms with E-state index in [0.717, 1.165) is 5.56 Å². The fourth-order valence-electron chi connectivity index (χ4n) is 1.25. The SMILES string of the molecule is Cc1ccc(C(O)c2ncn[nH]2)cc1. The lowest BCUT2D eigenvalue weighted by molar-refractivity contribution is 0.210. The lowest BCUT2D eigenvalue weighted by atomic mass is 10.1. The van der Waals surface area contributed by atoms with Crippen LogP contribution in [0.15, 0.2) is 30.6 Å². The average Bonchev–Trinajstić information content (AvgIpc) is 2.71. The molecule has 0 amide bonds. The summed E-state index contributed by atoms with van der Waals surface area (Å²) in [5.41, 5.74) is 1.98. The molecule has 0 radical (unpaired) electrons. The van der Waals surface area contributed by atoms with Crippen molar-refractivity contribution in [1.29, 1.82) is 0 Å². The Balaban J connectivity index is 2.28. The van der Waals surface area contributed by atoms with E-state index in [-0.39, 0.29) is 0 Å². The molecule has 1 aromatic heterocycles.